The number of amides is 1. The third kappa shape index (κ3) is 1.51. The zero-order chi connectivity index (χ0) is 9.30. The van der Waals surface area contributed by atoms with Gasteiger partial charge in [-0.15, -0.1) is 0 Å². The van der Waals surface area contributed by atoms with E-state index in [0.29, 0.717) is 0 Å². The normalized spacial score (nSPS) is 29.2. The van der Waals surface area contributed by atoms with Gasteiger partial charge < -0.3 is 5.32 Å². The van der Waals surface area contributed by atoms with E-state index in [0.717, 1.165) is 0 Å². The molecule has 0 saturated carbocycles. The summed E-state index contributed by atoms with van der Waals surface area (Å²) in [6, 6.07) is -1.62. The minimum Gasteiger partial charge on any atom is -0.316 e. The fraction of sp³-hybridized carbons (Fsp3) is 0.500. The molecule has 0 bridgehead atoms. The van der Waals surface area contributed by atoms with E-state index in [-0.39, 0.29) is 0 Å². The van der Waals surface area contributed by atoms with Crippen molar-refractivity contribution < 1.29 is 9.72 Å². The van der Waals surface area contributed by atoms with Gasteiger partial charge in [0.15, 0.2) is 11.5 Å². The number of carbonyl (C=O) groups excluding carboxylic acids is 1. The van der Waals surface area contributed by atoms with Crippen LogP contribution in [0.5, 0.6) is 0 Å². The molecule has 2 atom stereocenters. The summed E-state index contributed by atoms with van der Waals surface area (Å²) in [4.78, 5) is 23.7. The lowest BCUT2D eigenvalue weighted by Gasteiger charge is -2.17. The Morgan fingerprint density at radius 1 is 1.75 bits per heavy atom. The number of carbonyl (C=O) groups is 1. The van der Waals surface area contributed by atoms with Gasteiger partial charge in [0.05, 0.1) is 0 Å². The summed E-state index contributed by atoms with van der Waals surface area (Å²) in [7, 11) is 0. The van der Waals surface area contributed by atoms with Crippen molar-refractivity contribution in [1.82, 2.24) is 5.32 Å². The zero-order valence-electron chi connectivity index (χ0n) is 5.73. The molecule has 0 spiro atoms. The Bertz CT molecular complexity index is 265. The molecule has 0 aromatic carbocycles. The molecule has 8 heteroatoms. The summed E-state index contributed by atoms with van der Waals surface area (Å²) in [6.07, 6.45) is -0.985. The van der Waals surface area contributed by atoms with Crippen LogP contribution in [0.3, 0.4) is 0 Å². The first-order valence-electron chi connectivity index (χ1n) is 2.95. The van der Waals surface area contributed by atoms with Crippen molar-refractivity contribution in [2.24, 2.45) is 10.7 Å². The van der Waals surface area contributed by atoms with Gasteiger partial charge >= 0.3 is 11.9 Å². The fourth-order valence-corrected chi connectivity index (χ4v) is 1.04. The first-order chi connectivity index (χ1) is 5.52. The monoisotopic (exact) mass is 192 g/mol. The Labute approximate surface area is 71.7 Å². The number of halogens is 1. The molecular weight excluding hydrogens is 188 g/mol. The highest BCUT2D eigenvalue weighted by molar-refractivity contribution is 6.68. The lowest BCUT2D eigenvalue weighted by Crippen LogP contribution is -2.54. The molecule has 1 aliphatic heterocycles. The maximum atomic E-state index is 10.9. The van der Waals surface area contributed by atoms with Crippen LogP contribution in [-0.2, 0) is 4.79 Å². The molecule has 7 nitrogen and oxygen atoms in total. The standard InChI is InChI=1S/C4H5ClN4O3/c5-2-1(9(11)12)3(10)8-4(6)7-2/h1,4H,6H2,(H,8,10). The predicted octanol–water partition coefficient (Wildman–Crippen LogP) is -1.36. The van der Waals surface area contributed by atoms with E-state index in [1.54, 1.807) is 0 Å². The lowest BCUT2D eigenvalue weighted by atomic mass is 10.3. The highest BCUT2D eigenvalue weighted by Crippen LogP contribution is 2.05. The SMILES string of the molecule is NC1N=C(Cl)C([N+](=O)[O-])C(=O)N1. The van der Waals surface area contributed by atoms with Crippen LogP contribution in [0.15, 0.2) is 4.99 Å². The second-order valence-electron chi connectivity index (χ2n) is 2.09. The maximum Gasteiger partial charge on any atom is 0.341 e. The predicted molar refractivity (Wildman–Crippen MR) is 40.2 cm³/mol. The summed E-state index contributed by atoms with van der Waals surface area (Å²) in [6.45, 7) is 0. The van der Waals surface area contributed by atoms with Crippen LogP contribution < -0.4 is 11.1 Å². The third-order valence-corrected chi connectivity index (χ3v) is 1.54. The quantitative estimate of drug-likeness (QED) is 0.395. The van der Waals surface area contributed by atoms with Crippen LogP contribution in [0.2, 0.25) is 0 Å². The van der Waals surface area contributed by atoms with Gasteiger partial charge in [0, 0.05) is 4.92 Å². The average molecular weight is 193 g/mol. The summed E-state index contributed by atoms with van der Waals surface area (Å²) in [5.41, 5.74) is 5.15. The Morgan fingerprint density at radius 3 is 2.75 bits per heavy atom. The number of hydrogen-bond acceptors (Lipinski definition) is 5. The van der Waals surface area contributed by atoms with Crippen LogP contribution in [0.4, 0.5) is 0 Å². The number of nitrogens with two attached hydrogens (primary N) is 1. The van der Waals surface area contributed by atoms with Gasteiger partial charge in [0.25, 0.3) is 0 Å². The molecule has 3 N–H and O–H groups in total. The minimum atomic E-state index is -1.62. The highest BCUT2D eigenvalue weighted by Gasteiger charge is 2.38. The van der Waals surface area contributed by atoms with Crippen molar-refractivity contribution in [3.8, 4) is 0 Å². The van der Waals surface area contributed by atoms with Crippen molar-refractivity contribution in [2.45, 2.75) is 12.3 Å². The van der Waals surface area contributed by atoms with Crippen molar-refractivity contribution in [2.75, 3.05) is 0 Å². The molecule has 66 valence electrons. The highest BCUT2D eigenvalue weighted by atomic mass is 35.5. The average Bonchev–Trinajstić information content (AvgIpc) is 1.82. The van der Waals surface area contributed by atoms with Gasteiger partial charge in [-0.25, -0.2) is 4.99 Å². The number of aliphatic imine (C=N–C) groups is 1. The lowest BCUT2D eigenvalue weighted by molar-refractivity contribution is -0.489. The Morgan fingerprint density at radius 2 is 2.33 bits per heavy atom. The summed E-state index contributed by atoms with van der Waals surface area (Å²) in [5.74, 6) is -0.840. The van der Waals surface area contributed by atoms with Gasteiger partial charge in [-0.3, -0.25) is 20.6 Å². The van der Waals surface area contributed by atoms with E-state index < -0.39 is 28.3 Å². The Hall–Kier alpha value is -1.21. The van der Waals surface area contributed by atoms with Crippen LogP contribution in [0.25, 0.3) is 0 Å². The molecule has 1 rings (SSSR count). The molecule has 0 aromatic heterocycles. The minimum absolute atomic E-state index is 0.392. The number of nitrogens with zero attached hydrogens (tertiary/aromatic N) is 2. The van der Waals surface area contributed by atoms with E-state index in [1.807, 2.05) is 0 Å². The molecule has 0 fully saturated rings. The number of nitrogens with one attached hydrogen (secondary N) is 1. The topological polar surface area (TPSA) is 111 Å². The van der Waals surface area contributed by atoms with Gasteiger partial charge in [0.2, 0.25) is 0 Å². The van der Waals surface area contributed by atoms with Gasteiger partial charge in [-0.1, -0.05) is 11.6 Å². The molecule has 0 saturated heterocycles. The Balaban J connectivity index is 2.94. The number of rotatable bonds is 1. The van der Waals surface area contributed by atoms with Gasteiger partial charge in [-0.2, -0.15) is 0 Å². The van der Waals surface area contributed by atoms with E-state index in [9.17, 15) is 14.9 Å². The van der Waals surface area contributed by atoms with Crippen molar-refractivity contribution in [3.63, 3.8) is 0 Å². The molecule has 0 aromatic rings. The van der Waals surface area contributed by atoms with E-state index in [2.05, 4.69) is 10.3 Å². The second kappa shape index (κ2) is 3.03. The largest absolute Gasteiger partial charge is 0.341 e. The first kappa shape index (κ1) is 8.88. The zero-order valence-corrected chi connectivity index (χ0v) is 6.49. The van der Waals surface area contributed by atoms with Crippen LogP contribution >= 0.6 is 11.6 Å². The maximum absolute atomic E-state index is 10.9. The first-order valence-corrected chi connectivity index (χ1v) is 3.33. The van der Waals surface area contributed by atoms with E-state index in [4.69, 9.17) is 17.3 Å². The molecule has 0 radical (unpaired) electrons. The van der Waals surface area contributed by atoms with Crippen molar-refractivity contribution >= 4 is 22.7 Å². The fourth-order valence-electron chi connectivity index (χ4n) is 0.751. The molecule has 2 unspecified atom stereocenters. The van der Waals surface area contributed by atoms with Gasteiger partial charge in [0.1, 0.15) is 0 Å². The Kier molecular flexibility index (Phi) is 2.25. The number of nitro groups is 1. The van der Waals surface area contributed by atoms with E-state index >= 15 is 0 Å². The molecule has 0 aliphatic carbocycles. The molecular formula is C4H5ClN4O3. The van der Waals surface area contributed by atoms with Gasteiger partial charge in [-0.05, 0) is 0 Å². The summed E-state index contributed by atoms with van der Waals surface area (Å²) >= 11 is 5.33. The molecule has 1 amide bonds. The van der Waals surface area contributed by atoms with Crippen molar-refractivity contribution in [1.29, 1.82) is 0 Å². The van der Waals surface area contributed by atoms with Crippen molar-refractivity contribution in [3.05, 3.63) is 10.1 Å². The van der Waals surface area contributed by atoms with Crippen LogP contribution in [-0.4, -0.2) is 28.3 Å². The van der Waals surface area contributed by atoms with Crippen LogP contribution in [0.1, 0.15) is 0 Å². The van der Waals surface area contributed by atoms with Crippen LogP contribution in [0, 0.1) is 10.1 Å². The second-order valence-corrected chi connectivity index (χ2v) is 2.48. The summed E-state index contributed by atoms with van der Waals surface area (Å²) < 4.78 is 0. The van der Waals surface area contributed by atoms with E-state index in [1.165, 1.54) is 0 Å². The molecule has 12 heavy (non-hydrogen) atoms. The molecule has 1 aliphatic rings. The molecule has 1 heterocycles. The number of hydrogen-bond donors (Lipinski definition) is 2. The third-order valence-electron chi connectivity index (χ3n) is 1.24. The smallest absolute Gasteiger partial charge is 0.316 e. The summed E-state index contributed by atoms with van der Waals surface area (Å²) in [5, 5.41) is 11.9.